The van der Waals surface area contributed by atoms with Crippen LogP contribution in [0.2, 0.25) is 0 Å². The molecule has 0 spiro atoms. The van der Waals surface area contributed by atoms with Crippen LogP contribution in [0, 0.1) is 34.9 Å². The lowest BCUT2D eigenvalue weighted by Gasteiger charge is -2.60. The van der Waals surface area contributed by atoms with Crippen molar-refractivity contribution in [1.29, 1.82) is 5.26 Å². The van der Waals surface area contributed by atoms with Gasteiger partial charge in [0.2, 0.25) is 5.79 Å². The zero-order chi connectivity index (χ0) is 42.6. The number of nitrogens with one attached hydrogen (secondary N) is 1. The molecule has 1 fully saturated rings. The summed E-state index contributed by atoms with van der Waals surface area (Å²) in [5, 5.41) is 36.7. The van der Waals surface area contributed by atoms with E-state index >= 15 is 4.79 Å². The van der Waals surface area contributed by atoms with Gasteiger partial charge in [0.1, 0.15) is 30.0 Å². The van der Waals surface area contributed by atoms with Crippen molar-refractivity contribution in [1.82, 2.24) is 10.2 Å². The fourth-order valence-corrected chi connectivity index (χ4v) is 9.10. The van der Waals surface area contributed by atoms with Crippen LogP contribution in [0.5, 0.6) is 11.5 Å². The summed E-state index contributed by atoms with van der Waals surface area (Å²) in [6.07, 6.45) is 7.67. The van der Waals surface area contributed by atoms with Crippen molar-refractivity contribution >= 4 is 17.7 Å². The van der Waals surface area contributed by atoms with E-state index in [0.717, 1.165) is 36.8 Å². The van der Waals surface area contributed by atoms with Gasteiger partial charge in [-0.25, -0.2) is 9.18 Å². The lowest BCUT2D eigenvalue weighted by atomic mass is 9.55. The zero-order valence-electron chi connectivity index (χ0n) is 34.4. The number of allylic oxidation sites excluding steroid dienone is 1. The molecule has 0 saturated heterocycles. The van der Waals surface area contributed by atoms with E-state index in [1.165, 1.54) is 12.1 Å². The first-order valence-electron chi connectivity index (χ1n) is 20.9. The van der Waals surface area contributed by atoms with E-state index < -0.39 is 29.7 Å². The van der Waals surface area contributed by atoms with E-state index in [2.05, 4.69) is 24.0 Å². The second-order valence-electron chi connectivity index (χ2n) is 15.4. The van der Waals surface area contributed by atoms with Gasteiger partial charge in [0.25, 0.3) is 5.91 Å². The highest BCUT2D eigenvalue weighted by Crippen LogP contribution is 2.62. The molecule has 6 atom stereocenters. The highest BCUT2D eigenvalue weighted by atomic mass is 19.1. The van der Waals surface area contributed by atoms with Gasteiger partial charge >= 0.3 is 6.09 Å². The van der Waals surface area contributed by atoms with Crippen LogP contribution in [0.25, 0.3) is 0 Å². The third-order valence-electron chi connectivity index (χ3n) is 11.6. The summed E-state index contributed by atoms with van der Waals surface area (Å²) in [7, 11) is 0. The zero-order valence-corrected chi connectivity index (χ0v) is 34.4. The Balaban J connectivity index is 1.63. The number of nitriles is 1. The summed E-state index contributed by atoms with van der Waals surface area (Å²) in [5.41, 5.74) is 3.66. The van der Waals surface area contributed by atoms with E-state index in [9.17, 15) is 24.7 Å². The van der Waals surface area contributed by atoms with Crippen molar-refractivity contribution in [3.8, 4) is 17.6 Å². The molecule has 6 unspecified atom stereocenters. The molecule has 318 valence electrons. The maximum atomic E-state index is 15.1. The van der Waals surface area contributed by atoms with Crippen molar-refractivity contribution in [2.75, 3.05) is 33.0 Å². The average molecular weight is 823 g/mol. The smallest absolute Gasteiger partial charge is 0.412 e. The van der Waals surface area contributed by atoms with Gasteiger partial charge < -0.3 is 39.5 Å². The number of aliphatic hydroxyl groups is 2. The maximum absolute atomic E-state index is 15.1. The van der Waals surface area contributed by atoms with Gasteiger partial charge in [-0.15, -0.1) is 6.58 Å². The van der Waals surface area contributed by atoms with Crippen molar-refractivity contribution in [3.05, 3.63) is 119 Å². The molecule has 1 saturated carbocycles. The number of oxime groups is 1. The molecule has 2 aliphatic carbocycles. The lowest BCUT2D eigenvalue weighted by molar-refractivity contribution is -0.255. The highest BCUT2D eigenvalue weighted by Gasteiger charge is 2.65. The van der Waals surface area contributed by atoms with Crippen molar-refractivity contribution in [2.24, 2.45) is 22.9 Å². The number of nitrogens with zero attached hydrogens (tertiary/aromatic N) is 3. The van der Waals surface area contributed by atoms with E-state index in [4.69, 9.17) is 24.2 Å². The average Bonchev–Trinajstić information content (AvgIpc) is 3.26. The van der Waals surface area contributed by atoms with Crippen LogP contribution in [-0.2, 0) is 16.1 Å². The Morgan fingerprint density at radius 2 is 1.78 bits per heavy atom. The van der Waals surface area contributed by atoms with Gasteiger partial charge in [-0.3, -0.25) is 4.79 Å². The molecule has 1 aliphatic heterocycles. The molecule has 0 aromatic heterocycles. The fourth-order valence-electron chi connectivity index (χ4n) is 9.10. The van der Waals surface area contributed by atoms with Crippen LogP contribution < -0.4 is 14.8 Å². The number of rotatable bonds is 19. The van der Waals surface area contributed by atoms with Crippen molar-refractivity contribution in [2.45, 2.75) is 83.1 Å². The third-order valence-corrected chi connectivity index (χ3v) is 11.6. The van der Waals surface area contributed by atoms with Gasteiger partial charge in [-0.2, -0.15) is 5.26 Å². The molecule has 2 amide bonds. The van der Waals surface area contributed by atoms with Crippen LogP contribution >= 0.6 is 0 Å². The van der Waals surface area contributed by atoms with Gasteiger partial charge in [0, 0.05) is 49.8 Å². The number of carbonyl (C=O) groups excluding carboxylic acids is 2. The minimum Gasteiger partial charge on any atom is -0.459 e. The van der Waals surface area contributed by atoms with E-state index in [-0.39, 0.29) is 56.4 Å². The Labute approximate surface area is 351 Å². The van der Waals surface area contributed by atoms with Gasteiger partial charge in [0.15, 0.2) is 0 Å². The lowest BCUT2D eigenvalue weighted by Crippen LogP contribution is -2.70. The fraction of sp³-hybridized carbons (Fsp3) is 0.447. The van der Waals surface area contributed by atoms with Crippen LogP contribution in [-0.4, -0.2) is 77.6 Å². The van der Waals surface area contributed by atoms with Crippen LogP contribution in [0.4, 0.5) is 9.18 Å². The summed E-state index contributed by atoms with van der Waals surface area (Å²) in [6, 6.07) is 18.9. The topological polar surface area (TPSA) is 163 Å². The molecule has 6 rings (SSSR count). The minimum atomic E-state index is -1.56. The summed E-state index contributed by atoms with van der Waals surface area (Å²) in [6.45, 7) is 8.53. The Bertz CT molecular complexity index is 2070. The number of amides is 2. The number of halogens is 1. The number of benzene rings is 3. The van der Waals surface area contributed by atoms with Gasteiger partial charge in [0.05, 0.1) is 29.9 Å². The van der Waals surface area contributed by atoms with Crippen molar-refractivity contribution < 1.29 is 43.2 Å². The number of hydrogen-bond donors (Lipinski definition) is 3. The molecule has 3 N–H and O–H groups in total. The molecule has 3 aliphatic rings. The molecule has 3 aromatic rings. The number of ether oxygens (including phenoxy) is 3. The third kappa shape index (κ3) is 9.57. The summed E-state index contributed by atoms with van der Waals surface area (Å²) < 4.78 is 34.4. The largest absolute Gasteiger partial charge is 0.459 e. The van der Waals surface area contributed by atoms with Crippen LogP contribution in [0.15, 0.2) is 96.2 Å². The molecule has 0 bridgehead atoms. The van der Waals surface area contributed by atoms with Crippen LogP contribution in [0.1, 0.15) is 91.8 Å². The molecule has 3 aromatic carbocycles. The van der Waals surface area contributed by atoms with Gasteiger partial charge in [-0.1, -0.05) is 42.3 Å². The SMILES string of the molecule is C=CCOC12Oc3ccc(OC(=O)NCC)cc3C3C(CCCCO)C(CCCCO)C=C(C(=NOCC)CC1N(Cc1ccc(F)cc1)C(=O)c1ccc(C#N)cc1)C32. The predicted octanol–water partition coefficient (Wildman–Crippen LogP) is 7.80. The summed E-state index contributed by atoms with van der Waals surface area (Å²) >= 11 is 0. The molecule has 0 radical (unpaired) electrons. The molecule has 12 nitrogen and oxygen atoms in total. The molecule has 1 heterocycles. The predicted molar refractivity (Wildman–Crippen MR) is 224 cm³/mol. The second-order valence-corrected chi connectivity index (χ2v) is 15.4. The first kappa shape index (κ1) is 44.0. The van der Waals surface area contributed by atoms with E-state index in [0.29, 0.717) is 59.9 Å². The Morgan fingerprint density at radius 3 is 2.45 bits per heavy atom. The summed E-state index contributed by atoms with van der Waals surface area (Å²) in [5.74, 6) is -2.51. The molecular formula is C47H55FN4O8. The monoisotopic (exact) mass is 822 g/mol. The molecule has 13 heteroatoms. The first-order valence-corrected chi connectivity index (χ1v) is 20.9. The Morgan fingerprint density at radius 1 is 1.05 bits per heavy atom. The van der Waals surface area contributed by atoms with E-state index in [1.807, 2.05) is 13.0 Å². The normalized spacial score (nSPS) is 23.2. The highest BCUT2D eigenvalue weighted by molar-refractivity contribution is 6.03. The number of aliphatic hydroxyl groups excluding tert-OH is 2. The summed E-state index contributed by atoms with van der Waals surface area (Å²) in [4.78, 5) is 35.4. The number of fused-ring (bicyclic) bond motifs is 2. The standard InChI is InChI=1S/C47H55FN4O8/c1-4-25-57-47-42(52(30-32-15-19-35(48)20-16-32)45(55)33-17-13-31(29-49)14-18-33)28-40(51-58-6-3)38-26-34(11-7-9-23-53)37(12-8-10-24-54)43(44(38)47)39-27-36(21-22-41(39)60-47)59-46(56)50-5-2/h4,13-22,26-27,34,37,42-44,53-54H,1,5-12,23-25,28,30H2,2-3H3,(H,50,56). The molecule has 60 heavy (non-hydrogen) atoms. The maximum Gasteiger partial charge on any atom is 0.412 e. The Hall–Kier alpha value is -5.55. The van der Waals surface area contributed by atoms with Crippen LogP contribution in [0.3, 0.4) is 0 Å². The quantitative estimate of drug-likeness (QED) is 0.0622. The minimum absolute atomic E-state index is 0.00138. The number of hydrogen-bond acceptors (Lipinski definition) is 10. The Kier molecular flexibility index (Phi) is 15.1. The number of unbranched alkanes of at least 4 members (excludes halogenated alkanes) is 2. The second kappa shape index (κ2) is 20.6. The van der Waals surface area contributed by atoms with Gasteiger partial charge in [-0.05, 0) is 117 Å². The number of carbonyl (C=O) groups is 2. The molecular weight excluding hydrogens is 768 g/mol. The van der Waals surface area contributed by atoms with Crippen molar-refractivity contribution in [3.63, 3.8) is 0 Å². The van der Waals surface area contributed by atoms with E-state index in [1.54, 1.807) is 66.4 Å². The first-order chi connectivity index (χ1) is 29.2.